The number of pyridine rings is 1. The van der Waals surface area contributed by atoms with Crippen LogP contribution in [0.15, 0.2) is 24.5 Å². The standard InChI is InChI=1S/C14H24N2/c1-5-13(6-2)16-14(11(3)4)12-7-9-15-10-8-12/h7-11,13-14,16H,5-6H2,1-4H3. The summed E-state index contributed by atoms with van der Waals surface area (Å²) >= 11 is 0. The number of hydrogen-bond acceptors (Lipinski definition) is 2. The van der Waals surface area contributed by atoms with E-state index in [0.29, 0.717) is 18.0 Å². The molecule has 0 aliphatic carbocycles. The van der Waals surface area contributed by atoms with E-state index in [1.165, 1.54) is 18.4 Å². The van der Waals surface area contributed by atoms with Gasteiger partial charge in [0.15, 0.2) is 0 Å². The first-order valence-corrected chi connectivity index (χ1v) is 6.35. The van der Waals surface area contributed by atoms with Crippen molar-refractivity contribution in [2.75, 3.05) is 0 Å². The Labute approximate surface area is 99.5 Å². The van der Waals surface area contributed by atoms with Crippen molar-refractivity contribution in [2.24, 2.45) is 5.92 Å². The monoisotopic (exact) mass is 220 g/mol. The highest BCUT2D eigenvalue weighted by Gasteiger charge is 2.17. The van der Waals surface area contributed by atoms with E-state index in [2.05, 4.69) is 50.1 Å². The molecule has 1 aromatic rings. The first-order chi connectivity index (χ1) is 7.69. The van der Waals surface area contributed by atoms with E-state index in [9.17, 15) is 0 Å². The highest BCUT2D eigenvalue weighted by atomic mass is 15.0. The van der Waals surface area contributed by atoms with E-state index in [-0.39, 0.29) is 0 Å². The van der Waals surface area contributed by atoms with E-state index < -0.39 is 0 Å². The lowest BCUT2D eigenvalue weighted by Gasteiger charge is -2.27. The van der Waals surface area contributed by atoms with Crippen LogP contribution in [-0.2, 0) is 0 Å². The molecule has 1 aromatic heterocycles. The van der Waals surface area contributed by atoms with Crippen LogP contribution >= 0.6 is 0 Å². The fourth-order valence-corrected chi connectivity index (χ4v) is 2.02. The molecule has 2 heteroatoms. The zero-order valence-electron chi connectivity index (χ0n) is 10.9. The summed E-state index contributed by atoms with van der Waals surface area (Å²) in [6.45, 7) is 9.01. The lowest BCUT2D eigenvalue weighted by molar-refractivity contribution is 0.346. The van der Waals surface area contributed by atoms with E-state index in [0.717, 1.165) is 0 Å². The highest BCUT2D eigenvalue weighted by Crippen LogP contribution is 2.22. The number of rotatable bonds is 6. The Morgan fingerprint density at radius 2 is 1.69 bits per heavy atom. The zero-order chi connectivity index (χ0) is 12.0. The maximum atomic E-state index is 4.08. The molecule has 1 atom stereocenters. The second-order valence-electron chi connectivity index (χ2n) is 4.68. The first-order valence-electron chi connectivity index (χ1n) is 6.35. The molecule has 90 valence electrons. The molecule has 0 aliphatic rings. The lowest BCUT2D eigenvalue weighted by Crippen LogP contribution is -2.34. The van der Waals surface area contributed by atoms with Crippen molar-refractivity contribution in [3.05, 3.63) is 30.1 Å². The second kappa shape index (κ2) is 6.64. The Hall–Kier alpha value is -0.890. The van der Waals surface area contributed by atoms with Crippen LogP contribution in [0.4, 0.5) is 0 Å². The smallest absolute Gasteiger partial charge is 0.0346 e. The molecule has 0 fully saturated rings. The van der Waals surface area contributed by atoms with Crippen LogP contribution < -0.4 is 5.32 Å². The van der Waals surface area contributed by atoms with Crippen LogP contribution in [-0.4, -0.2) is 11.0 Å². The SMILES string of the molecule is CCC(CC)NC(c1ccncc1)C(C)C. The van der Waals surface area contributed by atoms with Gasteiger partial charge in [0.25, 0.3) is 0 Å². The summed E-state index contributed by atoms with van der Waals surface area (Å²) < 4.78 is 0. The quantitative estimate of drug-likeness (QED) is 0.793. The average Bonchev–Trinajstić information content (AvgIpc) is 2.31. The van der Waals surface area contributed by atoms with Crippen LogP contribution in [0.2, 0.25) is 0 Å². The summed E-state index contributed by atoms with van der Waals surface area (Å²) in [5.41, 5.74) is 1.34. The molecule has 0 radical (unpaired) electrons. The van der Waals surface area contributed by atoms with Crippen molar-refractivity contribution < 1.29 is 0 Å². The van der Waals surface area contributed by atoms with Crippen molar-refractivity contribution in [1.29, 1.82) is 0 Å². The van der Waals surface area contributed by atoms with Gasteiger partial charge in [-0.05, 0) is 36.5 Å². The topological polar surface area (TPSA) is 24.9 Å². The van der Waals surface area contributed by atoms with Crippen LogP contribution in [0.3, 0.4) is 0 Å². The minimum atomic E-state index is 0.438. The maximum Gasteiger partial charge on any atom is 0.0346 e. The molecular weight excluding hydrogens is 196 g/mol. The molecule has 16 heavy (non-hydrogen) atoms. The molecule has 2 nitrogen and oxygen atoms in total. The summed E-state index contributed by atoms with van der Waals surface area (Å²) in [5, 5.41) is 3.74. The Bertz CT molecular complexity index is 278. The predicted molar refractivity (Wildman–Crippen MR) is 69.3 cm³/mol. The van der Waals surface area contributed by atoms with Crippen LogP contribution in [0, 0.1) is 5.92 Å². The molecule has 0 spiro atoms. The van der Waals surface area contributed by atoms with Crippen molar-refractivity contribution in [1.82, 2.24) is 10.3 Å². The van der Waals surface area contributed by atoms with E-state index in [1.807, 2.05) is 12.4 Å². The van der Waals surface area contributed by atoms with Crippen LogP contribution in [0.5, 0.6) is 0 Å². The van der Waals surface area contributed by atoms with E-state index in [4.69, 9.17) is 0 Å². The predicted octanol–water partition coefficient (Wildman–Crippen LogP) is 3.56. The van der Waals surface area contributed by atoms with Crippen LogP contribution in [0.1, 0.15) is 52.1 Å². The minimum absolute atomic E-state index is 0.438. The Balaban J connectivity index is 2.76. The molecule has 1 N–H and O–H groups in total. The third-order valence-electron chi connectivity index (χ3n) is 3.13. The van der Waals surface area contributed by atoms with Gasteiger partial charge in [0, 0.05) is 24.5 Å². The number of aromatic nitrogens is 1. The summed E-state index contributed by atoms with van der Waals surface area (Å²) in [4.78, 5) is 4.08. The molecule has 0 aliphatic heterocycles. The van der Waals surface area contributed by atoms with Gasteiger partial charge < -0.3 is 5.32 Å². The molecular formula is C14H24N2. The second-order valence-corrected chi connectivity index (χ2v) is 4.68. The molecule has 0 bridgehead atoms. The first kappa shape index (κ1) is 13.2. The summed E-state index contributed by atoms with van der Waals surface area (Å²) in [5.74, 6) is 0.600. The molecule has 1 heterocycles. The Kier molecular flexibility index (Phi) is 5.47. The van der Waals surface area contributed by atoms with Gasteiger partial charge in [-0.1, -0.05) is 27.7 Å². The highest BCUT2D eigenvalue weighted by molar-refractivity contribution is 5.15. The van der Waals surface area contributed by atoms with Crippen molar-refractivity contribution in [3.63, 3.8) is 0 Å². The summed E-state index contributed by atoms with van der Waals surface area (Å²) in [6.07, 6.45) is 6.12. The molecule has 0 aromatic carbocycles. The zero-order valence-corrected chi connectivity index (χ0v) is 10.9. The maximum absolute atomic E-state index is 4.08. The third kappa shape index (κ3) is 3.60. The fraction of sp³-hybridized carbons (Fsp3) is 0.643. The number of nitrogens with zero attached hydrogens (tertiary/aromatic N) is 1. The molecule has 0 amide bonds. The van der Waals surface area contributed by atoms with Gasteiger partial charge in [-0.15, -0.1) is 0 Å². The molecule has 0 saturated heterocycles. The van der Waals surface area contributed by atoms with Gasteiger partial charge in [0.2, 0.25) is 0 Å². The number of hydrogen-bond donors (Lipinski definition) is 1. The Morgan fingerprint density at radius 1 is 1.12 bits per heavy atom. The normalized spacial score (nSPS) is 13.4. The van der Waals surface area contributed by atoms with Crippen molar-refractivity contribution in [3.8, 4) is 0 Å². The van der Waals surface area contributed by atoms with Gasteiger partial charge in [0.05, 0.1) is 0 Å². The summed E-state index contributed by atoms with van der Waals surface area (Å²) in [7, 11) is 0. The molecule has 1 unspecified atom stereocenters. The van der Waals surface area contributed by atoms with Gasteiger partial charge in [0.1, 0.15) is 0 Å². The fourth-order valence-electron chi connectivity index (χ4n) is 2.02. The Morgan fingerprint density at radius 3 is 2.12 bits per heavy atom. The average molecular weight is 220 g/mol. The molecule has 1 rings (SSSR count). The van der Waals surface area contributed by atoms with E-state index >= 15 is 0 Å². The van der Waals surface area contributed by atoms with Gasteiger partial charge in [-0.3, -0.25) is 4.98 Å². The number of nitrogens with one attached hydrogen (secondary N) is 1. The van der Waals surface area contributed by atoms with Gasteiger partial charge in [-0.2, -0.15) is 0 Å². The largest absolute Gasteiger partial charge is 0.307 e. The van der Waals surface area contributed by atoms with Gasteiger partial charge in [-0.25, -0.2) is 0 Å². The van der Waals surface area contributed by atoms with Crippen LogP contribution in [0.25, 0.3) is 0 Å². The van der Waals surface area contributed by atoms with Crippen molar-refractivity contribution >= 4 is 0 Å². The third-order valence-corrected chi connectivity index (χ3v) is 3.13. The summed E-state index contributed by atoms with van der Waals surface area (Å²) in [6, 6.07) is 5.27. The van der Waals surface area contributed by atoms with Crippen molar-refractivity contribution in [2.45, 2.75) is 52.6 Å². The molecule has 0 saturated carbocycles. The van der Waals surface area contributed by atoms with Gasteiger partial charge >= 0.3 is 0 Å². The van der Waals surface area contributed by atoms with E-state index in [1.54, 1.807) is 0 Å². The minimum Gasteiger partial charge on any atom is -0.307 e. The lowest BCUT2D eigenvalue weighted by atomic mass is 9.95.